The molecule has 0 spiro atoms. The number of nitrogens with zero attached hydrogens (tertiary/aromatic N) is 6. The number of benzene rings is 1. The van der Waals surface area contributed by atoms with Gasteiger partial charge in [0.05, 0.1) is 11.0 Å². The Kier molecular flexibility index (Phi) is 4.53. The smallest absolute Gasteiger partial charge is 0.266 e. The quantitative estimate of drug-likeness (QED) is 0.509. The van der Waals surface area contributed by atoms with Gasteiger partial charge < -0.3 is 4.57 Å². The molecule has 0 atom stereocenters. The van der Waals surface area contributed by atoms with Crippen molar-refractivity contribution in [1.82, 2.24) is 28.9 Å². The highest BCUT2D eigenvalue weighted by molar-refractivity contribution is 9.10. The van der Waals surface area contributed by atoms with E-state index in [2.05, 4.69) is 36.3 Å². The predicted octanol–water partition coefficient (Wildman–Crippen LogP) is 2.64. The summed E-state index contributed by atoms with van der Waals surface area (Å²) < 4.78 is 5.14. The van der Waals surface area contributed by atoms with Gasteiger partial charge in [0.25, 0.3) is 5.56 Å². The molecule has 0 fully saturated rings. The van der Waals surface area contributed by atoms with Crippen LogP contribution in [0.25, 0.3) is 22.1 Å². The van der Waals surface area contributed by atoms with Gasteiger partial charge in [-0.05, 0) is 48.8 Å². The normalized spacial score (nSPS) is 12.0. The van der Waals surface area contributed by atoms with Gasteiger partial charge in [-0.25, -0.2) is 14.6 Å². The van der Waals surface area contributed by atoms with Gasteiger partial charge in [0.1, 0.15) is 22.9 Å². The first kappa shape index (κ1) is 19.3. The van der Waals surface area contributed by atoms with E-state index in [-0.39, 0.29) is 23.6 Å². The molecular weight excluding hydrogens is 438 g/mol. The van der Waals surface area contributed by atoms with Crippen LogP contribution in [0.15, 0.2) is 40.0 Å². The topological polar surface area (TPSA) is 99.6 Å². The largest absolute Gasteiger partial charge is 0.305 e. The molecular formula is C19H20BrN7O2. The lowest BCUT2D eigenvalue weighted by atomic mass is 10.1. The Bertz CT molecular complexity index is 1310. The Balaban J connectivity index is 1.68. The molecule has 0 aliphatic heterocycles. The number of halogens is 1. The first-order valence-electron chi connectivity index (χ1n) is 9.02. The van der Waals surface area contributed by atoms with Crippen LogP contribution in [0.2, 0.25) is 0 Å². The van der Waals surface area contributed by atoms with Crippen molar-refractivity contribution in [2.24, 2.45) is 7.05 Å². The van der Waals surface area contributed by atoms with E-state index in [1.807, 2.05) is 49.6 Å². The number of imidazole rings is 1. The lowest BCUT2D eigenvalue weighted by molar-refractivity contribution is -0.116. The Morgan fingerprint density at radius 2 is 1.97 bits per heavy atom. The van der Waals surface area contributed by atoms with Crippen LogP contribution in [0.5, 0.6) is 0 Å². The first-order valence-corrected chi connectivity index (χ1v) is 9.81. The summed E-state index contributed by atoms with van der Waals surface area (Å²) in [6, 6.07) is 7.70. The van der Waals surface area contributed by atoms with E-state index >= 15 is 0 Å². The van der Waals surface area contributed by atoms with E-state index in [0.717, 1.165) is 11.0 Å². The molecule has 3 aromatic heterocycles. The molecule has 0 unspecified atom stereocenters. The number of carbonyl (C=O) groups is 1. The number of anilines is 1. The summed E-state index contributed by atoms with van der Waals surface area (Å²) in [7, 11) is 1.70. The third-order valence-corrected chi connectivity index (χ3v) is 5.12. The summed E-state index contributed by atoms with van der Waals surface area (Å²) in [4.78, 5) is 34.3. The number of amides is 1. The van der Waals surface area contributed by atoms with Crippen molar-refractivity contribution in [3.8, 4) is 0 Å². The molecule has 1 amide bonds. The molecule has 10 heteroatoms. The number of nitrogens with one attached hydrogen (secondary N) is 1. The number of aryl methyl sites for hydroxylation is 1. The molecule has 0 radical (unpaired) electrons. The van der Waals surface area contributed by atoms with E-state index in [4.69, 9.17) is 0 Å². The molecule has 0 saturated heterocycles. The second kappa shape index (κ2) is 6.80. The zero-order valence-electron chi connectivity index (χ0n) is 16.5. The minimum Gasteiger partial charge on any atom is -0.305 e. The van der Waals surface area contributed by atoms with Gasteiger partial charge in [0, 0.05) is 12.6 Å². The Morgan fingerprint density at radius 3 is 2.69 bits per heavy atom. The summed E-state index contributed by atoms with van der Waals surface area (Å²) in [5.74, 6) is 0.0717. The lowest BCUT2D eigenvalue weighted by Gasteiger charge is -2.24. The molecule has 0 aliphatic rings. The van der Waals surface area contributed by atoms with Crippen LogP contribution in [0.4, 0.5) is 5.95 Å². The fraction of sp³-hybridized carbons (Fsp3) is 0.316. The highest BCUT2D eigenvalue weighted by Gasteiger charge is 2.23. The van der Waals surface area contributed by atoms with Crippen LogP contribution in [-0.4, -0.2) is 34.8 Å². The second-order valence-corrected chi connectivity index (χ2v) is 8.52. The standard InChI is InChI=1S/C19H20BrN7O2/c1-19(2,3)27-12-8-6-5-7-11(12)22-18(27)23-13(28)9-26-10-21-16-14(17(26)29)15(20)24-25(16)4/h5-8,10H,9H2,1-4H3,(H,22,23,28). The van der Waals surface area contributed by atoms with Crippen LogP contribution in [-0.2, 0) is 23.9 Å². The molecule has 150 valence electrons. The molecule has 1 aromatic carbocycles. The molecule has 0 aliphatic carbocycles. The number of hydrogen-bond donors (Lipinski definition) is 1. The van der Waals surface area contributed by atoms with E-state index in [0.29, 0.717) is 21.6 Å². The fourth-order valence-corrected chi connectivity index (χ4v) is 3.94. The highest BCUT2D eigenvalue weighted by atomic mass is 79.9. The number of para-hydroxylation sites is 2. The number of rotatable bonds is 3. The van der Waals surface area contributed by atoms with Gasteiger partial charge >= 0.3 is 0 Å². The molecule has 4 aromatic rings. The maximum absolute atomic E-state index is 12.8. The molecule has 29 heavy (non-hydrogen) atoms. The first-order chi connectivity index (χ1) is 13.7. The van der Waals surface area contributed by atoms with Crippen molar-refractivity contribution in [1.29, 1.82) is 0 Å². The number of carbonyl (C=O) groups excluding carboxylic acids is 1. The summed E-state index contributed by atoms with van der Waals surface area (Å²) in [5.41, 5.74) is 1.53. The zero-order valence-corrected chi connectivity index (χ0v) is 18.1. The Labute approximate surface area is 174 Å². The van der Waals surface area contributed by atoms with Crippen molar-refractivity contribution >= 4 is 49.9 Å². The SMILES string of the molecule is Cn1nc(Br)c2c(=O)n(CC(=O)Nc3nc4ccccc4n3C(C)(C)C)cnc21. The molecule has 1 N–H and O–H groups in total. The number of hydrogen-bond acceptors (Lipinski definition) is 5. The van der Waals surface area contributed by atoms with Gasteiger partial charge in [-0.3, -0.25) is 19.5 Å². The summed E-state index contributed by atoms with van der Waals surface area (Å²) in [6.45, 7) is 5.94. The highest BCUT2D eigenvalue weighted by Crippen LogP contribution is 2.27. The van der Waals surface area contributed by atoms with Crippen molar-refractivity contribution in [3.05, 3.63) is 45.5 Å². The van der Waals surface area contributed by atoms with Gasteiger partial charge in [-0.1, -0.05) is 12.1 Å². The van der Waals surface area contributed by atoms with E-state index in [1.54, 1.807) is 7.05 Å². The molecule has 9 nitrogen and oxygen atoms in total. The van der Waals surface area contributed by atoms with Crippen molar-refractivity contribution in [2.45, 2.75) is 32.9 Å². The Hall–Kier alpha value is -3.01. The monoisotopic (exact) mass is 457 g/mol. The maximum Gasteiger partial charge on any atom is 0.266 e. The maximum atomic E-state index is 12.8. The number of fused-ring (bicyclic) bond motifs is 2. The van der Waals surface area contributed by atoms with Crippen molar-refractivity contribution in [3.63, 3.8) is 0 Å². The molecule has 4 rings (SSSR count). The van der Waals surface area contributed by atoms with Gasteiger partial charge in [0.2, 0.25) is 11.9 Å². The minimum absolute atomic E-state index is 0.184. The number of aromatic nitrogens is 6. The molecule has 0 saturated carbocycles. The van der Waals surface area contributed by atoms with Crippen LogP contribution in [0.3, 0.4) is 0 Å². The van der Waals surface area contributed by atoms with Crippen LogP contribution in [0, 0.1) is 0 Å². The second-order valence-electron chi connectivity index (χ2n) is 7.77. The van der Waals surface area contributed by atoms with Crippen LogP contribution in [0.1, 0.15) is 20.8 Å². The van der Waals surface area contributed by atoms with E-state index in [9.17, 15) is 9.59 Å². The molecule has 3 heterocycles. The van der Waals surface area contributed by atoms with Gasteiger partial charge in [0.15, 0.2) is 5.65 Å². The lowest BCUT2D eigenvalue weighted by Crippen LogP contribution is -2.30. The van der Waals surface area contributed by atoms with Crippen LogP contribution < -0.4 is 10.9 Å². The average Bonchev–Trinajstić information content (AvgIpc) is 3.14. The van der Waals surface area contributed by atoms with Crippen molar-refractivity contribution in [2.75, 3.05) is 5.32 Å². The zero-order chi connectivity index (χ0) is 20.9. The predicted molar refractivity (Wildman–Crippen MR) is 114 cm³/mol. The van der Waals surface area contributed by atoms with Crippen molar-refractivity contribution < 1.29 is 4.79 Å². The van der Waals surface area contributed by atoms with E-state index < -0.39 is 0 Å². The van der Waals surface area contributed by atoms with Gasteiger partial charge in [-0.2, -0.15) is 5.10 Å². The fourth-order valence-electron chi connectivity index (χ4n) is 3.36. The van der Waals surface area contributed by atoms with E-state index in [1.165, 1.54) is 15.6 Å². The molecule has 0 bridgehead atoms. The third-order valence-electron chi connectivity index (χ3n) is 4.57. The Morgan fingerprint density at radius 1 is 1.24 bits per heavy atom. The summed E-state index contributed by atoms with van der Waals surface area (Å²) >= 11 is 3.27. The third kappa shape index (κ3) is 3.33. The van der Waals surface area contributed by atoms with Gasteiger partial charge in [-0.15, -0.1) is 0 Å². The average molecular weight is 458 g/mol. The summed E-state index contributed by atoms with van der Waals surface area (Å²) in [5, 5.41) is 7.33. The van der Waals surface area contributed by atoms with Crippen LogP contribution >= 0.6 is 15.9 Å². The summed E-state index contributed by atoms with van der Waals surface area (Å²) in [6.07, 6.45) is 1.35. The minimum atomic E-state index is -0.367.